The van der Waals surface area contributed by atoms with Gasteiger partial charge < -0.3 is 10.4 Å². The van der Waals surface area contributed by atoms with Gasteiger partial charge in [-0.3, -0.25) is 0 Å². The SMILES string of the molecule is CC(CCl)NCCCO. The van der Waals surface area contributed by atoms with Crippen LogP contribution in [0.1, 0.15) is 13.3 Å². The van der Waals surface area contributed by atoms with Crippen molar-refractivity contribution in [3.63, 3.8) is 0 Å². The van der Waals surface area contributed by atoms with Gasteiger partial charge in [-0.2, -0.15) is 0 Å². The highest BCUT2D eigenvalue weighted by Crippen LogP contribution is 1.85. The van der Waals surface area contributed by atoms with Crippen LogP contribution in [-0.4, -0.2) is 30.2 Å². The highest BCUT2D eigenvalue weighted by atomic mass is 35.5. The van der Waals surface area contributed by atoms with Gasteiger partial charge in [0.15, 0.2) is 0 Å². The van der Waals surface area contributed by atoms with E-state index in [1.807, 2.05) is 6.92 Å². The number of aliphatic hydroxyl groups is 1. The van der Waals surface area contributed by atoms with E-state index in [2.05, 4.69) is 5.32 Å². The quantitative estimate of drug-likeness (QED) is 0.445. The van der Waals surface area contributed by atoms with Crippen molar-refractivity contribution in [3.05, 3.63) is 0 Å². The molecule has 0 radical (unpaired) electrons. The summed E-state index contributed by atoms with van der Waals surface area (Å²) in [6.07, 6.45) is 0.807. The first-order valence-electron chi connectivity index (χ1n) is 3.21. The average Bonchev–Trinajstić information content (AvgIpc) is 1.89. The van der Waals surface area contributed by atoms with Crippen LogP contribution >= 0.6 is 11.6 Å². The molecule has 0 spiro atoms. The molecule has 0 rings (SSSR count). The lowest BCUT2D eigenvalue weighted by molar-refractivity contribution is 0.284. The van der Waals surface area contributed by atoms with E-state index < -0.39 is 0 Å². The summed E-state index contributed by atoms with van der Waals surface area (Å²) in [6, 6.07) is 0.359. The smallest absolute Gasteiger partial charge is 0.0443 e. The van der Waals surface area contributed by atoms with E-state index >= 15 is 0 Å². The molecular weight excluding hydrogens is 138 g/mol. The minimum Gasteiger partial charge on any atom is -0.396 e. The number of alkyl halides is 1. The lowest BCUT2D eigenvalue weighted by Gasteiger charge is -2.07. The molecule has 9 heavy (non-hydrogen) atoms. The van der Waals surface area contributed by atoms with Crippen LogP contribution < -0.4 is 5.32 Å². The maximum absolute atomic E-state index is 8.38. The van der Waals surface area contributed by atoms with Crippen molar-refractivity contribution >= 4 is 11.6 Å². The van der Waals surface area contributed by atoms with Gasteiger partial charge in [0, 0.05) is 18.5 Å². The lowest BCUT2D eigenvalue weighted by Crippen LogP contribution is -2.28. The fourth-order valence-corrected chi connectivity index (χ4v) is 0.591. The molecule has 0 aliphatic rings. The molecule has 0 heterocycles. The van der Waals surface area contributed by atoms with Crippen LogP contribution in [0.5, 0.6) is 0 Å². The maximum Gasteiger partial charge on any atom is 0.0443 e. The Morgan fingerprint density at radius 3 is 2.78 bits per heavy atom. The number of nitrogens with one attached hydrogen (secondary N) is 1. The van der Waals surface area contributed by atoms with Crippen molar-refractivity contribution < 1.29 is 5.11 Å². The molecule has 1 unspecified atom stereocenters. The van der Waals surface area contributed by atoms with Gasteiger partial charge in [-0.1, -0.05) is 0 Å². The van der Waals surface area contributed by atoms with Crippen molar-refractivity contribution in [3.8, 4) is 0 Å². The highest BCUT2D eigenvalue weighted by molar-refractivity contribution is 6.18. The topological polar surface area (TPSA) is 32.3 Å². The zero-order chi connectivity index (χ0) is 7.11. The highest BCUT2D eigenvalue weighted by Gasteiger charge is 1.95. The molecule has 0 aliphatic heterocycles. The summed E-state index contributed by atoms with van der Waals surface area (Å²) in [5.74, 6) is 0.630. The molecule has 2 nitrogen and oxygen atoms in total. The number of rotatable bonds is 5. The molecule has 0 aliphatic carbocycles. The standard InChI is InChI=1S/C6H14ClNO/c1-6(5-7)8-3-2-4-9/h6,8-9H,2-5H2,1H3. The Balaban J connectivity index is 2.88. The van der Waals surface area contributed by atoms with Crippen molar-refractivity contribution in [2.75, 3.05) is 19.0 Å². The second kappa shape index (κ2) is 6.33. The molecule has 56 valence electrons. The summed E-state index contributed by atoms with van der Waals surface area (Å²) in [5.41, 5.74) is 0. The van der Waals surface area contributed by atoms with Crippen LogP contribution in [0.3, 0.4) is 0 Å². The summed E-state index contributed by atoms with van der Waals surface area (Å²) in [7, 11) is 0. The van der Waals surface area contributed by atoms with Gasteiger partial charge in [0.25, 0.3) is 0 Å². The summed E-state index contributed by atoms with van der Waals surface area (Å²) in [5, 5.41) is 11.5. The third kappa shape index (κ3) is 6.09. The van der Waals surface area contributed by atoms with E-state index in [4.69, 9.17) is 16.7 Å². The Labute approximate surface area is 61.2 Å². The van der Waals surface area contributed by atoms with Crippen LogP contribution in [0, 0.1) is 0 Å². The predicted molar refractivity (Wildman–Crippen MR) is 39.9 cm³/mol. The number of halogens is 1. The summed E-state index contributed by atoms with van der Waals surface area (Å²) in [6.45, 7) is 3.12. The molecule has 2 N–H and O–H groups in total. The van der Waals surface area contributed by atoms with Crippen LogP contribution in [0.15, 0.2) is 0 Å². The molecule has 0 saturated carbocycles. The second-order valence-electron chi connectivity index (χ2n) is 2.09. The Kier molecular flexibility index (Phi) is 6.48. The van der Waals surface area contributed by atoms with E-state index in [0.717, 1.165) is 13.0 Å². The fraction of sp³-hybridized carbons (Fsp3) is 1.00. The van der Waals surface area contributed by atoms with Crippen molar-refractivity contribution in [2.24, 2.45) is 0 Å². The van der Waals surface area contributed by atoms with Gasteiger partial charge in [-0.15, -0.1) is 11.6 Å². The van der Waals surface area contributed by atoms with Gasteiger partial charge in [-0.05, 0) is 19.9 Å². The summed E-state index contributed by atoms with van der Waals surface area (Å²) < 4.78 is 0. The predicted octanol–water partition coefficient (Wildman–Crippen LogP) is 0.586. The van der Waals surface area contributed by atoms with Gasteiger partial charge >= 0.3 is 0 Å². The molecule has 0 aromatic rings. The number of hydrogen-bond acceptors (Lipinski definition) is 2. The van der Waals surface area contributed by atoms with Crippen LogP contribution in [-0.2, 0) is 0 Å². The van der Waals surface area contributed by atoms with Gasteiger partial charge in [-0.25, -0.2) is 0 Å². The van der Waals surface area contributed by atoms with Crippen molar-refractivity contribution in [1.29, 1.82) is 0 Å². The van der Waals surface area contributed by atoms with Crippen LogP contribution in [0.2, 0.25) is 0 Å². The summed E-state index contributed by atoms with van der Waals surface area (Å²) >= 11 is 5.51. The molecular formula is C6H14ClNO. The molecule has 0 amide bonds. The van der Waals surface area contributed by atoms with Gasteiger partial charge in [0.2, 0.25) is 0 Å². The third-order valence-corrected chi connectivity index (χ3v) is 1.52. The lowest BCUT2D eigenvalue weighted by atomic mass is 10.3. The molecule has 0 saturated heterocycles. The number of aliphatic hydroxyl groups excluding tert-OH is 1. The molecule has 0 bridgehead atoms. The number of hydrogen-bond donors (Lipinski definition) is 2. The van der Waals surface area contributed by atoms with Crippen LogP contribution in [0.25, 0.3) is 0 Å². The average molecular weight is 152 g/mol. The minimum atomic E-state index is 0.252. The third-order valence-electron chi connectivity index (χ3n) is 1.06. The second-order valence-corrected chi connectivity index (χ2v) is 2.40. The summed E-state index contributed by atoms with van der Waals surface area (Å²) in [4.78, 5) is 0. The van der Waals surface area contributed by atoms with E-state index in [1.54, 1.807) is 0 Å². The Morgan fingerprint density at radius 1 is 1.67 bits per heavy atom. The first-order chi connectivity index (χ1) is 4.31. The Morgan fingerprint density at radius 2 is 2.33 bits per heavy atom. The molecule has 3 heteroatoms. The van der Waals surface area contributed by atoms with E-state index in [1.165, 1.54) is 0 Å². The van der Waals surface area contributed by atoms with Gasteiger partial charge in [0.1, 0.15) is 0 Å². The Bertz CT molecular complexity index is 61.0. The van der Waals surface area contributed by atoms with Crippen molar-refractivity contribution in [1.82, 2.24) is 5.32 Å². The molecule has 0 aromatic carbocycles. The molecule has 1 atom stereocenters. The van der Waals surface area contributed by atoms with E-state index in [9.17, 15) is 0 Å². The maximum atomic E-state index is 8.38. The molecule has 0 fully saturated rings. The van der Waals surface area contributed by atoms with Crippen molar-refractivity contribution in [2.45, 2.75) is 19.4 Å². The zero-order valence-electron chi connectivity index (χ0n) is 5.73. The first-order valence-corrected chi connectivity index (χ1v) is 3.75. The zero-order valence-corrected chi connectivity index (χ0v) is 6.49. The van der Waals surface area contributed by atoms with E-state index in [0.29, 0.717) is 11.9 Å². The Hall–Kier alpha value is 0.210. The minimum absolute atomic E-state index is 0.252. The van der Waals surface area contributed by atoms with Crippen LogP contribution in [0.4, 0.5) is 0 Å². The first kappa shape index (κ1) is 9.21. The fourth-order valence-electron chi connectivity index (χ4n) is 0.482. The monoisotopic (exact) mass is 151 g/mol. The largest absolute Gasteiger partial charge is 0.396 e. The molecule has 0 aromatic heterocycles. The normalized spacial score (nSPS) is 13.7. The van der Waals surface area contributed by atoms with Gasteiger partial charge in [0.05, 0.1) is 0 Å². The van der Waals surface area contributed by atoms with E-state index in [-0.39, 0.29) is 6.61 Å².